The van der Waals surface area contributed by atoms with Gasteiger partial charge in [-0.1, -0.05) is 23.7 Å². The molecule has 0 amide bonds. The Morgan fingerprint density at radius 1 is 1.18 bits per heavy atom. The van der Waals surface area contributed by atoms with Gasteiger partial charge in [0.25, 0.3) is 0 Å². The summed E-state index contributed by atoms with van der Waals surface area (Å²) in [5, 5.41) is 10.1. The molecule has 0 bridgehead atoms. The van der Waals surface area contributed by atoms with E-state index in [0.29, 0.717) is 16.4 Å². The van der Waals surface area contributed by atoms with Crippen LogP contribution < -0.4 is 0 Å². The van der Waals surface area contributed by atoms with Crippen molar-refractivity contribution < 1.29 is 0 Å². The maximum atomic E-state index is 9.43. The first-order chi connectivity index (χ1) is 10.6. The molecular weight excluding hydrogens is 294 g/mol. The number of hydrogen-bond acceptors (Lipinski definition) is 2. The molecule has 0 radical (unpaired) electrons. The Bertz CT molecular complexity index is 873. The van der Waals surface area contributed by atoms with Crippen molar-refractivity contribution in [1.29, 1.82) is 5.26 Å². The summed E-state index contributed by atoms with van der Waals surface area (Å²) in [6.07, 6.45) is 1.80. The molecule has 0 aliphatic rings. The van der Waals surface area contributed by atoms with Crippen molar-refractivity contribution in [2.75, 3.05) is 0 Å². The number of halogens is 1. The molecule has 4 heteroatoms. The number of nitrogens with one attached hydrogen (secondary N) is 1. The standard InChI is InChI=1S/C18H14ClN3/c1-11-7-16-17(8-12(11)2)22-18(21-16)14(10-20)9-13-3-5-15(19)6-4-13/h3-9H,1-2H3,(H,21,22)/b14-9-. The zero-order valence-corrected chi connectivity index (χ0v) is 13.1. The monoisotopic (exact) mass is 307 g/mol. The van der Waals surface area contributed by atoms with E-state index in [4.69, 9.17) is 11.6 Å². The molecule has 1 aromatic heterocycles. The zero-order valence-electron chi connectivity index (χ0n) is 12.3. The lowest BCUT2D eigenvalue weighted by molar-refractivity contribution is 1.27. The van der Waals surface area contributed by atoms with Gasteiger partial charge in [-0.15, -0.1) is 0 Å². The second kappa shape index (κ2) is 5.67. The van der Waals surface area contributed by atoms with Gasteiger partial charge in [-0.2, -0.15) is 5.26 Å². The van der Waals surface area contributed by atoms with Crippen LogP contribution in [-0.2, 0) is 0 Å². The number of hydrogen-bond donors (Lipinski definition) is 1. The van der Waals surface area contributed by atoms with Gasteiger partial charge in [0.2, 0.25) is 0 Å². The van der Waals surface area contributed by atoms with Gasteiger partial charge in [-0.05, 0) is 60.9 Å². The van der Waals surface area contributed by atoms with Crippen LogP contribution >= 0.6 is 11.6 Å². The van der Waals surface area contributed by atoms with Gasteiger partial charge in [0.1, 0.15) is 11.9 Å². The average Bonchev–Trinajstić information content (AvgIpc) is 2.89. The number of fused-ring (bicyclic) bond motifs is 1. The highest BCUT2D eigenvalue weighted by Gasteiger charge is 2.09. The number of aromatic amines is 1. The maximum absolute atomic E-state index is 9.43. The lowest BCUT2D eigenvalue weighted by Gasteiger charge is -1.97. The van der Waals surface area contributed by atoms with Crippen LogP contribution in [0.4, 0.5) is 0 Å². The smallest absolute Gasteiger partial charge is 0.149 e. The van der Waals surface area contributed by atoms with E-state index in [1.165, 1.54) is 11.1 Å². The minimum atomic E-state index is 0.494. The van der Waals surface area contributed by atoms with Crippen molar-refractivity contribution in [3.05, 3.63) is 63.9 Å². The van der Waals surface area contributed by atoms with Crippen molar-refractivity contribution in [3.8, 4) is 6.07 Å². The van der Waals surface area contributed by atoms with Crippen LogP contribution in [0.25, 0.3) is 22.7 Å². The number of nitriles is 1. The first kappa shape index (κ1) is 14.4. The second-order valence-electron chi connectivity index (χ2n) is 5.26. The molecule has 22 heavy (non-hydrogen) atoms. The number of nitrogens with zero attached hydrogens (tertiary/aromatic N) is 2. The van der Waals surface area contributed by atoms with Crippen molar-refractivity contribution in [3.63, 3.8) is 0 Å². The van der Waals surface area contributed by atoms with E-state index < -0.39 is 0 Å². The highest BCUT2D eigenvalue weighted by molar-refractivity contribution is 6.30. The Morgan fingerprint density at radius 2 is 1.86 bits per heavy atom. The van der Waals surface area contributed by atoms with E-state index in [-0.39, 0.29) is 0 Å². The molecule has 3 rings (SSSR count). The van der Waals surface area contributed by atoms with Gasteiger partial charge < -0.3 is 4.98 Å². The summed E-state index contributed by atoms with van der Waals surface area (Å²) >= 11 is 5.88. The van der Waals surface area contributed by atoms with E-state index in [2.05, 4.69) is 36.0 Å². The van der Waals surface area contributed by atoms with Gasteiger partial charge in [0.15, 0.2) is 0 Å². The Morgan fingerprint density at radius 3 is 2.55 bits per heavy atom. The third-order valence-electron chi connectivity index (χ3n) is 3.65. The number of imidazole rings is 1. The predicted octanol–water partition coefficient (Wildman–Crippen LogP) is 4.90. The van der Waals surface area contributed by atoms with Gasteiger partial charge in [0, 0.05) is 5.02 Å². The quantitative estimate of drug-likeness (QED) is 0.685. The minimum absolute atomic E-state index is 0.494. The summed E-state index contributed by atoms with van der Waals surface area (Å²) in [4.78, 5) is 7.75. The number of rotatable bonds is 2. The molecule has 3 nitrogen and oxygen atoms in total. The predicted molar refractivity (Wildman–Crippen MR) is 90.5 cm³/mol. The van der Waals surface area contributed by atoms with Gasteiger partial charge >= 0.3 is 0 Å². The Labute approximate surface area is 133 Å². The van der Waals surface area contributed by atoms with E-state index in [0.717, 1.165) is 16.6 Å². The number of allylic oxidation sites excluding steroid dienone is 1. The molecule has 0 spiro atoms. The highest BCUT2D eigenvalue weighted by atomic mass is 35.5. The average molecular weight is 308 g/mol. The number of aromatic nitrogens is 2. The Balaban J connectivity index is 2.07. The fourth-order valence-corrected chi connectivity index (χ4v) is 2.40. The maximum Gasteiger partial charge on any atom is 0.149 e. The first-order valence-corrected chi connectivity index (χ1v) is 7.29. The van der Waals surface area contributed by atoms with E-state index in [1.54, 1.807) is 18.2 Å². The van der Waals surface area contributed by atoms with Gasteiger partial charge in [-0.25, -0.2) is 4.98 Å². The van der Waals surface area contributed by atoms with Crippen LogP contribution in [0, 0.1) is 25.2 Å². The summed E-state index contributed by atoms with van der Waals surface area (Å²) in [6, 6.07) is 13.6. The van der Waals surface area contributed by atoms with Crippen LogP contribution in [-0.4, -0.2) is 9.97 Å². The third kappa shape index (κ3) is 2.74. The topological polar surface area (TPSA) is 52.5 Å². The molecule has 0 saturated heterocycles. The molecule has 2 aromatic carbocycles. The van der Waals surface area contributed by atoms with Crippen molar-refractivity contribution >= 4 is 34.3 Å². The zero-order chi connectivity index (χ0) is 15.7. The van der Waals surface area contributed by atoms with Crippen LogP contribution in [0.3, 0.4) is 0 Å². The van der Waals surface area contributed by atoms with Crippen LogP contribution in [0.2, 0.25) is 5.02 Å². The third-order valence-corrected chi connectivity index (χ3v) is 3.91. The molecule has 0 aliphatic carbocycles. The summed E-state index contributed by atoms with van der Waals surface area (Å²) in [6.45, 7) is 4.11. The molecular formula is C18H14ClN3. The van der Waals surface area contributed by atoms with E-state index in [9.17, 15) is 5.26 Å². The normalized spacial score (nSPS) is 11.6. The molecule has 1 heterocycles. The molecule has 108 valence electrons. The molecule has 0 saturated carbocycles. The molecule has 0 atom stereocenters. The number of aryl methyl sites for hydroxylation is 2. The van der Waals surface area contributed by atoms with E-state index in [1.807, 2.05) is 18.2 Å². The SMILES string of the molecule is Cc1cc2nc(/C(C#N)=C\c3ccc(Cl)cc3)[nH]c2cc1C. The molecule has 0 unspecified atom stereocenters. The van der Waals surface area contributed by atoms with E-state index >= 15 is 0 Å². The van der Waals surface area contributed by atoms with Crippen LogP contribution in [0.5, 0.6) is 0 Å². The van der Waals surface area contributed by atoms with Crippen molar-refractivity contribution in [2.24, 2.45) is 0 Å². The Kier molecular flexibility index (Phi) is 3.70. The fraction of sp³-hybridized carbons (Fsp3) is 0.111. The Hall–Kier alpha value is -2.57. The minimum Gasteiger partial charge on any atom is -0.337 e. The first-order valence-electron chi connectivity index (χ1n) is 6.91. The summed E-state index contributed by atoms with van der Waals surface area (Å²) < 4.78 is 0. The second-order valence-corrected chi connectivity index (χ2v) is 5.70. The van der Waals surface area contributed by atoms with Crippen LogP contribution in [0.15, 0.2) is 36.4 Å². The summed E-state index contributed by atoms with van der Waals surface area (Å²) in [5.74, 6) is 0.581. The number of H-pyrrole nitrogens is 1. The lowest BCUT2D eigenvalue weighted by Crippen LogP contribution is -1.84. The van der Waals surface area contributed by atoms with Crippen molar-refractivity contribution in [1.82, 2.24) is 9.97 Å². The molecule has 0 fully saturated rings. The largest absolute Gasteiger partial charge is 0.337 e. The highest BCUT2D eigenvalue weighted by Crippen LogP contribution is 2.22. The van der Waals surface area contributed by atoms with Crippen LogP contribution in [0.1, 0.15) is 22.5 Å². The van der Waals surface area contributed by atoms with Crippen molar-refractivity contribution in [2.45, 2.75) is 13.8 Å². The molecule has 0 aliphatic heterocycles. The fourth-order valence-electron chi connectivity index (χ4n) is 2.28. The molecule has 1 N–H and O–H groups in total. The summed E-state index contributed by atoms with van der Waals surface area (Å²) in [7, 11) is 0. The number of benzene rings is 2. The van der Waals surface area contributed by atoms with Gasteiger partial charge in [0.05, 0.1) is 16.6 Å². The van der Waals surface area contributed by atoms with Gasteiger partial charge in [-0.3, -0.25) is 0 Å². The summed E-state index contributed by atoms with van der Waals surface area (Å²) in [5.41, 5.74) is 5.60. The molecule has 3 aromatic rings. The lowest BCUT2D eigenvalue weighted by atomic mass is 10.1.